The summed E-state index contributed by atoms with van der Waals surface area (Å²) in [5.41, 5.74) is 2.07. The van der Waals surface area contributed by atoms with Crippen LogP contribution in [0.3, 0.4) is 0 Å². The van der Waals surface area contributed by atoms with Gasteiger partial charge in [0.25, 0.3) is 5.91 Å². The highest BCUT2D eigenvalue weighted by Gasteiger charge is 2.08. The van der Waals surface area contributed by atoms with Gasteiger partial charge in [-0.05, 0) is 48.5 Å². The summed E-state index contributed by atoms with van der Waals surface area (Å²) in [6.45, 7) is 4.38. The Morgan fingerprint density at radius 3 is 2.50 bits per heavy atom. The van der Waals surface area contributed by atoms with E-state index in [0.29, 0.717) is 41.0 Å². The summed E-state index contributed by atoms with van der Waals surface area (Å²) >= 11 is 6.14. The molecule has 0 saturated heterocycles. The van der Waals surface area contributed by atoms with Gasteiger partial charge in [0.1, 0.15) is 24.7 Å². The van der Waals surface area contributed by atoms with Crippen molar-refractivity contribution in [1.82, 2.24) is 0 Å². The fraction of sp³-hybridized carbons (Fsp3) is 0.0870. The normalized spacial score (nSPS) is 10.2. The highest BCUT2D eigenvalue weighted by molar-refractivity contribution is 6.31. The molecule has 0 atom stereocenters. The van der Waals surface area contributed by atoms with Gasteiger partial charge in [0.2, 0.25) is 0 Å². The lowest BCUT2D eigenvalue weighted by Crippen LogP contribution is -2.12. The summed E-state index contributed by atoms with van der Waals surface area (Å²) in [6.07, 6.45) is 1.68. The van der Waals surface area contributed by atoms with Crippen LogP contribution in [0.25, 0.3) is 0 Å². The van der Waals surface area contributed by atoms with Crippen LogP contribution >= 0.6 is 11.6 Å². The average Bonchev–Trinajstić information content (AvgIpc) is 2.73. The first-order valence-electron chi connectivity index (χ1n) is 8.77. The Morgan fingerprint density at radius 2 is 1.75 bits per heavy atom. The van der Waals surface area contributed by atoms with Crippen molar-refractivity contribution in [1.29, 1.82) is 0 Å². The number of hydrogen-bond donors (Lipinski definition) is 1. The van der Waals surface area contributed by atoms with Gasteiger partial charge in [0.05, 0.1) is 0 Å². The lowest BCUT2D eigenvalue weighted by atomic mass is 10.2. The molecule has 3 aromatic rings. The van der Waals surface area contributed by atoms with Crippen molar-refractivity contribution in [2.24, 2.45) is 0 Å². The lowest BCUT2D eigenvalue weighted by Gasteiger charge is -2.10. The fourth-order valence-corrected chi connectivity index (χ4v) is 2.69. The summed E-state index contributed by atoms with van der Waals surface area (Å²) in [7, 11) is 0. The summed E-state index contributed by atoms with van der Waals surface area (Å²) in [5, 5.41) is 3.51. The van der Waals surface area contributed by atoms with Crippen LogP contribution in [-0.4, -0.2) is 12.5 Å². The molecular weight excluding hydrogens is 374 g/mol. The van der Waals surface area contributed by atoms with E-state index < -0.39 is 0 Å². The van der Waals surface area contributed by atoms with E-state index in [1.807, 2.05) is 24.3 Å². The first kappa shape index (κ1) is 19.5. The Morgan fingerprint density at radius 1 is 0.964 bits per heavy atom. The molecule has 0 aliphatic heterocycles. The van der Waals surface area contributed by atoms with Gasteiger partial charge >= 0.3 is 0 Å². The predicted molar refractivity (Wildman–Crippen MR) is 112 cm³/mol. The molecule has 0 fully saturated rings. The molecular formula is C23H20ClNO3. The molecule has 0 aliphatic rings. The number of amides is 1. The fourth-order valence-electron chi connectivity index (χ4n) is 2.50. The van der Waals surface area contributed by atoms with Crippen molar-refractivity contribution in [2.45, 2.75) is 6.61 Å². The Bertz CT molecular complexity index is 954. The maximum absolute atomic E-state index is 12.5. The van der Waals surface area contributed by atoms with E-state index in [-0.39, 0.29) is 5.91 Å². The van der Waals surface area contributed by atoms with Gasteiger partial charge in [-0.3, -0.25) is 4.79 Å². The number of rotatable bonds is 8. The largest absolute Gasteiger partial charge is 0.490 e. The number of ether oxygens (including phenoxy) is 2. The van der Waals surface area contributed by atoms with Gasteiger partial charge < -0.3 is 14.8 Å². The van der Waals surface area contributed by atoms with Crippen molar-refractivity contribution in [3.05, 3.63) is 102 Å². The lowest BCUT2D eigenvalue weighted by molar-refractivity contribution is 0.102. The van der Waals surface area contributed by atoms with Crippen LogP contribution < -0.4 is 14.8 Å². The van der Waals surface area contributed by atoms with Crippen LogP contribution in [0, 0.1) is 0 Å². The summed E-state index contributed by atoms with van der Waals surface area (Å²) in [6, 6.07) is 21.7. The Kier molecular flexibility index (Phi) is 6.71. The smallest absolute Gasteiger partial charge is 0.255 e. The molecule has 3 aromatic carbocycles. The molecule has 0 heterocycles. The van der Waals surface area contributed by atoms with Crippen LogP contribution in [0.1, 0.15) is 15.9 Å². The van der Waals surface area contributed by atoms with Gasteiger partial charge in [-0.1, -0.05) is 48.5 Å². The van der Waals surface area contributed by atoms with Crippen LogP contribution in [0.4, 0.5) is 5.69 Å². The molecule has 142 valence electrons. The highest BCUT2D eigenvalue weighted by Crippen LogP contribution is 2.21. The summed E-state index contributed by atoms with van der Waals surface area (Å²) < 4.78 is 11.2. The third-order valence-electron chi connectivity index (χ3n) is 3.93. The Balaban J connectivity index is 1.62. The number of benzene rings is 3. The number of nitrogens with one attached hydrogen (secondary N) is 1. The van der Waals surface area contributed by atoms with Gasteiger partial charge in [0, 0.05) is 21.8 Å². The van der Waals surface area contributed by atoms with E-state index in [2.05, 4.69) is 11.9 Å². The molecule has 28 heavy (non-hydrogen) atoms. The van der Waals surface area contributed by atoms with Crippen LogP contribution in [0.5, 0.6) is 11.5 Å². The molecule has 3 rings (SSSR count). The molecule has 0 radical (unpaired) electrons. The van der Waals surface area contributed by atoms with Crippen molar-refractivity contribution in [3.63, 3.8) is 0 Å². The number of hydrogen-bond acceptors (Lipinski definition) is 3. The molecule has 5 heteroatoms. The molecule has 0 aromatic heterocycles. The van der Waals surface area contributed by atoms with Gasteiger partial charge in [-0.2, -0.15) is 0 Å². The first-order chi connectivity index (χ1) is 13.7. The van der Waals surface area contributed by atoms with E-state index in [1.54, 1.807) is 54.6 Å². The summed E-state index contributed by atoms with van der Waals surface area (Å²) in [5.74, 6) is 1.09. The number of anilines is 1. The second-order valence-corrected chi connectivity index (χ2v) is 6.39. The quantitative estimate of drug-likeness (QED) is 0.496. The number of carbonyl (C=O) groups excluding carboxylic acids is 1. The van der Waals surface area contributed by atoms with Gasteiger partial charge in [-0.15, -0.1) is 0 Å². The van der Waals surface area contributed by atoms with Crippen molar-refractivity contribution in [2.75, 3.05) is 11.9 Å². The van der Waals surface area contributed by atoms with Crippen LogP contribution in [0.15, 0.2) is 85.5 Å². The molecule has 1 amide bonds. The van der Waals surface area contributed by atoms with Crippen molar-refractivity contribution < 1.29 is 14.3 Å². The molecule has 0 bridgehead atoms. The van der Waals surface area contributed by atoms with Gasteiger partial charge in [0.15, 0.2) is 0 Å². The molecule has 1 N–H and O–H groups in total. The van der Waals surface area contributed by atoms with E-state index >= 15 is 0 Å². The van der Waals surface area contributed by atoms with E-state index in [1.165, 1.54) is 0 Å². The monoisotopic (exact) mass is 393 g/mol. The minimum absolute atomic E-state index is 0.219. The van der Waals surface area contributed by atoms with Crippen molar-refractivity contribution in [3.8, 4) is 11.5 Å². The SMILES string of the molecule is C=CCOc1ccc(NC(=O)c2cccc(OCc3ccccc3Cl)c2)cc1. The first-order valence-corrected chi connectivity index (χ1v) is 9.15. The second kappa shape index (κ2) is 9.62. The standard InChI is InChI=1S/C23H20ClNO3/c1-2-14-27-20-12-10-19(11-13-20)25-23(26)17-7-5-8-21(15-17)28-16-18-6-3-4-9-22(18)24/h2-13,15H,1,14,16H2,(H,25,26). The van der Waals surface area contributed by atoms with Crippen LogP contribution in [0.2, 0.25) is 5.02 Å². The topological polar surface area (TPSA) is 47.6 Å². The van der Waals surface area contributed by atoms with E-state index in [4.69, 9.17) is 21.1 Å². The minimum Gasteiger partial charge on any atom is -0.490 e. The molecule has 0 spiro atoms. The zero-order chi connectivity index (χ0) is 19.8. The molecule has 0 aliphatic carbocycles. The van der Waals surface area contributed by atoms with Crippen molar-refractivity contribution >= 4 is 23.2 Å². The molecule has 4 nitrogen and oxygen atoms in total. The highest BCUT2D eigenvalue weighted by atomic mass is 35.5. The number of halogens is 1. The maximum Gasteiger partial charge on any atom is 0.255 e. The molecule has 0 unspecified atom stereocenters. The number of carbonyl (C=O) groups is 1. The zero-order valence-electron chi connectivity index (χ0n) is 15.2. The van der Waals surface area contributed by atoms with Crippen LogP contribution in [-0.2, 0) is 6.61 Å². The van der Waals surface area contributed by atoms with E-state index in [0.717, 1.165) is 5.56 Å². The third kappa shape index (κ3) is 5.38. The Labute approximate surface area is 169 Å². The Hall–Kier alpha value is -3.24. The summed E-state index contributed by atoms with van der Waals surface area (Å²) in [4.78, 5) is 12.5. The van der Waals surface area contributed by atoms with Gasteiger partial charge in [-0.25, -0.2) is 0 Å². The van der Waals surface area contributed by atoms with E-state index in [9.17, 15) is 4.79 Å². The zero-order valence-corrected chi connectivity index (χ0v) is 16.0. The minimum atomic E-state index is -0.219. The third-order valence-corrected chi connectivity index (χ3v) is 4.30. The predicted octanol–water partition coefficient (Wildman–Crippen LogP) is 5.74. The molecule has 0 saturated carbocycles. The average molecular weight is 394 g/mol. The maximum atomic E-state index is 12.5. The second-order valence-electron chi connectivity index (χ2n) is 5.99.